The first-order valence-corrected chi connectivity index (χ1v) is 6.90. The van der Waals surface area contributed by atoms with Crippen LogP contribution in [0.15, 0.2) is 37.4 Å². The van der Waals surface area contributed by atoms with Crippen molar-refractivity contribution in [3.63, 3.8) is 0 Å². The molecule has 0 radical (unpaired) electrons. The van der Waals surface area contributed by atoms with Crippen molar-refractivity contribution in [2.24, 2.45) is 0 Å². The number of aromatic nitrogens is 4. The molecule has 0 aliphatic rings. The molecule has 2 heterocycles. The third-order valence-corrected chi connectivity index (χ3v) is 2.48. The quantitative estimate of drug-likeness (QED) is 0.485. The van der Waals surface area contributed by atoms with E-state index in [1.165, 1.54) is 0 Å². The molecule has 2 aromatic heterocycles. The maximum atomic E-state index is 9.58. The van der Waals surface area contributed by atoms with Crippen LogP contribution in [0.2, 0.25) is 0 Å². The second kappa shape index (κ2) is 14.6. The van der Waals surface area contributed by atoms with Crippen molar-refractivity contribution in [1.82, 2.24) is 19.1 Å². The van der Waals surface area contributed by atoms with Gasteiger partial charge >= 0.3 is 21.1 Å². The number of hydrogen-bond acceptors (Lipinski definition) is 7. The Morgan fingerprint density at radius 1 is 1.04 bits per heavy atom. The molecule has 1 N–H and O–H groups in total. The van der Waals surface area contributed by atoms with E-state index in [0.717, 1.165) is 13.1 Å². The Kier molecular flexibility index (Phi) is 14.8. The predicted molar refractivity (Wildman–Crippen MR) is 76.4 cm³/mol. The van der Waals surface area contributed by atoms with Gasteiger partial charge in [0, 0.05) is 50.3 Å². The Morgan fingerprint density at radius 3 is 1.58 bits per heavy atom. The van der Waals surface area contributed by atoms with Gasteiger partial charge < -0.3 is 34.0 Å². The zero-order chi connectivity index (χ0) is 17.7. The Balaban J connectivity index is 0. The fourth-order valence-corrected chi connectivity index (χ4v) is 1.19. The molecule has 0 bridgehead atoms. The Morgan fingerprint density at radius 2 is 1.46 bits per heavy atom. The molecule has 2 rings (SSSR count). The number of aryl methyl sites for hydroxylation is 2. The van der Waals surface area contributed by atoms with Gasteiger partial charge in [0.1, 0.15) is 0 Å². The minimum absolute atomic E-state index is 0. The zero-order valence-corrected chi connectivity index (χ0v) is 15.6. The van der Waals surface area contributed by atoms with Gasteiger partial charge in [-0.05, 0) is 13.8 Å². The Bertz CT molecular complexity index is 511. The average molecular weight is 519 g/mol. The van der Waals surface area contributed by atoms with E-state index in [1.54, 1.807) is 25.0 Å². The van der Waals surface area contributed by atoms with Crippen LogP contribution in [0.3, 0.4) is 0 Å². The van der Waals surface area contributed by atoms with E-state index in [-0.39, 0.29) is 21.1 Å². The molecular weight excluding hydrogens is 499 g/mol. The second-order valence-electron chi connectivity index (χ2n) is 4.20. The number of carbonyl (C=O) groups is 2. The topological polar surface area (TPSA) is 136 Å². The summed E-state index contributed by atoms with van der Waals surface area (Å²) in [4.78, 5) is 26.8. The van der Waals surface area contributed by atoms with Crippen molar-refractivity contribution in [3.8, 4) is 0 Å². The van der Waals surface area contributed by atoms with E-state index in [2.05, 4.69) is 23.8 Å². The molecule has 0 aliphatic carbocycles. The van der Waals surface area contributed by atoms with Gasteiger partial charge in [-0.1, -0.05) is 0 Å². The monoisotopic (exact) mass is 519 g/mol. The van der Waals surface area contributed by atoms with E-state index >= 15 is 0 Å². The van der Waals surface area contributed by atoms with Crippen LogP contribution < -0.4 is 10.2 Å². The van der Waals surface area contributed by atoms with Crippen LogP contribution in [-0.2, 0) is 43.7 Å². The minimum atomic E-state index is -1.96. The molecule has 10 heteroatoms. The number of carboxylic acid groups (broad SMARTS) is 2. The van der Waals surface area contributed by atoms with Crippen molar-refractivity contribution in [2.45, 2.75) is 39.5 Å². The fraction of sp³-hybridized carbons (Fsp3) is 0.429. The van der Waals surface area contributed by atoms with E-state index in [9.17, 15) is 19.8 Å². The van der Waals surface area contributed by atoms with Gasteiger partial charge in [-0.25, -0.2) is 9.97 Å². The number of rotatable bonds is 5. The van der Waals surface area contributed by atoms with Gasteiger partial charge in [0.15, 0.2) is 0 Å². The molecule has 0 aliphatic heterocycles. The van der Waals surface area contributed by atoms with Gasteiger partial charge in [-0.2, -0.15) is 0 Å². The molecule has 0 aromatic carbocycles. The van der Waals surface area contributed by atoms with E-state index in [4.69, 9.17) is 5.11 Å². The van der Waals surface area contributed by atoms with Crippen molar-refractivity contribution in [2.75, 3.05) is 0 Å². The number of hydrogen-bond donors (Lipinski definition) is 1. The van der Waals surface area contributed by atoms with Crippen LogP contribution in [0.25, 0.3) is 0 Å². The second-order valence-corrected chi connectivity index (χ2v) is 4.20. The minimum Gasteiger partial charge on any atom is -0.550 e. The first-order valence-electron chi connectivity index (χ1n) is 6.90. The molecule has 136 valence electrons. The number of aliphatic hydroxyl groups excluding tert-OH is 1. The summed E-state index contributed by atoms with van der Waals surface area (Å²) in [5, 5.41) is 27.3. The van der Waals surface area contributed by atoms with Crippen LogP contribution in [0, 0.1) is 0 Å². The van der Waals surface area contributed by atoms with Crippen LogP contribution in [-0.4, -0.2) is 42.3 Å². The smallest absolute Gasteiger partial charge is 0.550 e. The number of aliphatic carboxylic acids is 2. The molecule has 2 aromatic rings. The Labute approximate surface area is 154 Å². The van der Waals surface area contributed by atoms with Gasteiger partial charge in [-0.3, -0.25) is 0 Å². The number of carboxylic acids is 2. The normalized spacial score (nSPS) is 10.1. The predicted octanol–water partition coefficient (Wildman–Crippen LogP) is -1.96. The van der Waals surface area contributed by atoms with Crippen molar-refractivity contribution < 1.29 is 46.0 Å². The molecule has 0 unspecified atom stereocenters. The summed E-state index contributed by atoms with van der Waals surface area (Å²) in [6.07, 6.45) is 8.17. The standard InChI is InChI=1S/2C5H8N2.C4H6O5.Pt/c2*1-2-7-4-3-6-5-7;5-2(4(8)9)1-3(6)7;/h2*3-5H,2H2,1H3;2,5H,1H2,(H,6,7)(H,8,9);/q;;;+2/p-2/t;;2-;/m..0./s1. The third-order valence-electron chi connectivity index (χ3n) is 2.48. The van der Waals surface area contributed by atoms with Gasteiger partial charge in [0.2, 0.25) is 0 Å². The molecule has 9 nitrogen and oxygen atoms in total. The summed E-state index contributed by atoms with van der Waals surface area (Å²) in [6, 6.07) is 0. The SMILES string of the molecule is CCn1ccnc1.CCn1ccnc1.O=C([O-])C[C@H](O)C(=O)[O-].[Pt+2]. The average Bonchev–Trinajstić information content (AvgIpc) is 3.21. The first-order chi connectivity index (χ1) is 10.9. The van der Waals surface area contributed by atoms with Crippen LogP contribution in [0.1, 0.15) is 20.3 Å². The Hall–Kier alpha value is -1.99. The number of aliphatic hydroxyl groups is 1. The summed E-state index contributed by atoms with van der Waals surface area (Å²) < 4.78 is 4.03. The number of nitrogens with zero attached hydrogens (tertiary/aromatic N) is 4. The van der Waals surface area contributed by atoms with Gasteiger partial charge in [0.25, 0.3) is 0 Å². The van der Waals surface area contributed by atoms with Crippen LogP contribution in [0.5, 0.6) is 0 Å². The largest absolute Gasteiger partial charge is 2.00 e. The summed E-state index contributed by atoms with van der Waals surface area (Å²) in [5.74, 6) is -3.43. The zero-order valence-electron chi connectivity index (χ0n) is 13.3. The van der Waals surface area contributed by atoms with E-state index < -0.39 is 24.5 Å². The summed E-state index contributed by atoms with van der Waals surface area (Å²) in [7, 11) is 0. The summed E-state index contributed by atoms with van der Waals surface area (Å²) >= 11 is 0. The molecule has 0 saturated carbocycles. The van der Waals surface area contributed by atoms with E-state index in [1.807, 2.05) is 21.5 Å². The molecule has 1 atom stereocenters. The molecule has 0 spiro atoms. The molecule has 24 heavy (non-hydrogen) atoms. The third kappa shape index (κ3) is 12.5. The summed E-state index contributed by atoms with van der Waals surface area (Å²) in [5.41, 5.74) is 0. The van der Waals surface area contributed by atoms with Gasteiger partial charge in [-0.15, -0.1) is 0 Å². The van der Waals surface area contributed by atoms with Crippen molar-refractivity contribution in [1.29, 1.82) is 0 Å². The van der Waals surface area contributed by atoms with Crippen molar-refractivity contribution >= 4 is 11.9 Å². The van der Waals surface area contributed by atoms with Gasteiger partial charge in [0.05, 0.1) is 24.7 Å². The van der Waals surface area contributed by atoms with Crippen LogP contribution >= 0.6 is 0 Å². The number of carbonyl (C=O) groups excluding carboxylic acids is 2. The van der Waals surface area contributed by atoms with E-state index in [0.29, 0.717) is 0 Å². The van der Waals surface area contributed by atoms with Crippen molar-refractivity contribution in [3.05, 3.63) is 37.4 Å². The molecule has 0 saturated heterocycles. The maximum Gasteiger partial charge on any atom is 2.00 e. The maximum absolute atomic E-state index is 9.58. The van der Waals surface area contributed by atoms with Crippen LogP contribution in [0.4, 0.5) is 0 Å². The first kappa shape index (κ1) is 24.3. The molecular formula is C14H20N4O5Pt. The summed E-state index contributed by atoms with van der Waals surface area (Å²) in [6.45, 7) is 6.20. The fourth-order valence-electron chi connectivity index (χ4n) is 1.19. The molecule has 0 fully saturated rings. The number of imidazole rings is 2. The molecule has 0 amide bonds.